The van der Waals surface area contributed by atoms with Crippen LogP contribution < -0.4 is 0 Å². The number of carbonyl (C=O) groups excluding carboxylic acids is 2. The molecule has 0 aromatic rings. The SMILES string of the molecule is CCCCCCCCOC(=O)/C(=C(\C(=O)OCCCCCCCC)C(C)CC)C(C)CC. The number of unbranched alkanes of at least 4 members (excludes halogenated alkanes) is 10. The molecule has 0 fully saturated rings. The summed E-state index contributed by atoms with van der Waals surface area (Å²) in [4.78, 5) is 26.1. The summed E-state index contributed by atoms with van der Waals surface area (Å²) in [5, 5.41) is 0. The molecular formula is C28H52O4. The lowest BCUT2D eigenvalue weighted by atomic mass is 9.86. The van der Waals surface area contributed by atoms with E-state index in [2.05, 4.69) is 13.8 Å². The molecule has 0 N–H and O–H groups in total. The van der Waals surface area contributed by atoms with Crippen LogP contribution in [0.25, 0.3) is 0 Å². The highest BCUT2D eigenvalue weighted by molar-refractivity contribution is 6.01. The number of ether oxygens (including phenoxy) is 2. The van der Waals surface area contributed by atoms with E-state index in [4.69, 9.17) is 9.47 Å². The molecular weight excluding hydrogens is 400 g/mol. The van der Waals surface area contributed by atoms with Crippen molar-refractivity contribution in [1.82, 2.24) is 0 Å². The summed E-state index contributed by atoms with van der Waals surface area (Å²) in [6, 6.07) is 0. The van der Waals surface area contributed by atoms with Gasteiger partial charge in [0.15, 0.2) is 0 Å². The fourth-order valence-corrected chi connectivity index (χ4v) is 3.81. The van der Waals surface area contributed by atoms with Gasteiger partial charge in [-0.25, -0.2) is 9.59 Å². The standard InChI is InChI=1S/C28H52O4/c1-7-11-13-15-17-19-21-31-27(29)25(23(5)9-3)26(24(6)10-4)28(30)32-22-20-18-16-14-12-8-2/h23-24H,7-22H2,1-6H3/b26-25-. The van der Waals surface area contributed by atoms with Crippen molar-refractivity contribution in [1.29, 1.82) is 0 Å². The maximum absolute atomic E-state index is 13.0. The predicted molar refractivity (Wildman–Crippen MR) is 135 cm³/mol. The molecule has 0 aliphatic carbocycles. The zero-order chi connectivity index (χ0) is 24.2. The minimum absolute atomic E-state index is 0.0300. The molecule has 2 atom stereocenters. The first-order chi connectivity index (χ1) is 15.4. The third-order valence-electron chi connectivity index (χ3n) is 6.40. The van der Waals surface area contributed by atoms with Crippen molar-refractivity contribution in [3.8, 4) is 0 Å². The highest BCUT2D eigenvalue weighted by atomic mass is 16.5. The molecule has 0 rings (SSSR count). The first kappa shape index (κ1) is 30.7. The Balaban J connectivity index is 5.05. The van der Waals surface area contributed by atoms with E-state index in [1.165, 1.54) is 51.4 Å². The quantitative estimate of drug-likeness (QED) is 0.106. The van der Waals surface area contributed by atoms with Crippen LogP contribution in [0.3, 0.4) is 0 Å². The van der Waals surface area contributed by atoms with Crippen molar-refractivity contribution in [2.75, 3.05) is 13.2 Å². The lowest BCUT2D eigenvalue weighted by Crippen LogP contribution is -2.24. The normalized spacial score (nSPS) is 13.9. The number of esters is 2. The Bertz CT molecular complexity index is 478. The molecule has 4 nitrogen and oxygen atoms in total. The summed E-state index contributed by atoms with van der Waals surface area (Å²) >= 11 is 0. The molecule has 0 radical (unpaired) electrons. The van der Waals surface area contributed by atoms with E-state index in [9.17, 15) is 9.59 Å². The van der Waals surface area contributed by atoms with Gasteiger partial charge in [-0.05, 0) is 37.5 Å². The maximum atomic E-state index is 13.0. The molecule has 0 saturated carbocycles. The van der Waals surface area contributed by atoms with E-state index in [1.807, 2.05) is 27.7 Å². The van der Waals surface area contributed by atoms with Gasteiger partial charge in [-0.2, -0.15) is 0 Å². The van der Waals surface area contributed by atoms with Gasteiger partial charge in [-0.3, -0.25) is 0 Å². The second-order valence-corrected chi connectivity index (χ2v) is 9.25. The minimum atomic E-state index is -0.334. The zero-order valence-electron chi connectivity index (χ0n) is 22.1. The molecule has 0 spiro atoms. The Morgan fingerprint density at radius 3 is 1.16 bits per heavy atom. The largest absolute Gasteiger partial charge is 0.462 e. The second kappa shape index (κ2) is 20.3. The van der Waals surface area contributed by atoms with Crippen molar-refractivity contribution in [3.63, 3.8) is 0 Å². The Labute approximate surface area is 198 Å². The topological polar surface area (TPSA) is 52.6 Å². The molecule has 0 saturated heterocycles. The van der Waals surface area contributed by atoms with Gasteiger partial charge in [0.25, 0.3) is 0 Å². The van der Waals surface area contributed by atoms with Crippen LogP contribution >= 0.6 is 0 Å². The van der Waals surface area contributed by atoms with Gasteiger partial charge in [0.2, 0.25) is 0 Å². The van der Waals surface area contributed by atoms with Crippen LogP contribution in [0.1, 0.15) is 131 Å². The monoisotopic (exact) mass is 452 g/mol. The van der Waals surface area contributed by atoms with Gasteiger partial charge >= 0.3 is 11.9 Å². The van der Waals surface area contributed by atoms with Gasteiger partial charge in [0.1, 0.15) is 0 Å². The number of hydrogen-bond donors (Lipinski definition) is 0. The maximum Gasteiger partial charge on any atom is 0.334 e. The van der Waals surface area contributed by atoms with Crippen molar-refractivity contribution >= 4 is 11.9 Å². The van der Waals surface area contributed by atoms with Crippen LogP contribution in [-0.4, -0.2) is 25.2 Å². The van der Waals surface area contributed by atoms with Gasteiger partial charge < -0.3 is 9.47 Å². The van der Waals surface area contributed by atoms with Gasteiger partial charge in [-0.15, -0.1) is 0 Å². The number of rotatable bonds is 20. The van der Waals surface area contributed by atoms with E-state index in [-0.39, 0.29) is 23.8 Å². The first-order valence-electron chi connectivity index (χ1n) is 13.5. The fraction of sp³-hybridized carbons (Fsp3) is 0.857. The van der Waals surface area contributed by atoms with Crippen LogP contribution in [0.4, 0.5) is 0 Å². The highest BCUT2D eigenvalue weighted by Crippen LogP contribution is 2.28. The van der Waals surface area contributed by atoms with E-state index in [0.29, 0.717) is 24.4 Å². The fourth-order valence-electron chi connectivity index (χ4n) is 3.81. The van der Waals surface area contributed by atoms with E-state index < -0.39 is 0 Å². The van der Waals surface area contributed by atoms with Gasteiger partial charge in [0.05, 0.1) is 24.4 Å². The Morgan fingerprint density at radius 2 is 0.844 bits per heavy atom. The number of hydrogen-bond acceptors (Lipinski definition) is 4. The number of carbonyl (C=O) groups is 2. The van der Waals surface area contributed by atoms with Crippen molar-refractivity contribution < 1.29 is 19.1 Å². The summed E-state index contributed by atoms with van der Waals surface area (Å²) in [5.74, 6) is -0.727. The summed E-state index contributed by atoms with van der Waals surface area (Å²) < 4.78 is 11.3. The summed E-state index contributed by atoms with van der Waals surface area (Å²) in [6.45, 7) is 13.4. The lowest BCUT2D eigenvalue weighted by molar-refractivity contribution is -0.143. The second-order valence-electron chi connectivity index (χ2n) is 9.25. The smallest absolute Gasteiger partial charge is 0.334 e. The third-order valence-corrected chi connectivity index (χ3v) is 6.40. The summed E-state index contributed by atoms with van der Waals surface area (Å²) in [6.07, 6.45) is 15.3. The van der Waals surface area contributed by atoms with Gasteiger partial charge in [0, 0.05) is 0 Å². The highest BCUT2D eigenvalue weighted by Gasteiger charge is 2.30. The van der Waals surface area contributed by atoms with Crippen LogP contribution in [0.2, 0.25) is 0 Å². The third kappa shape index (κ3) is 13.3. The summed E-state index contributed by atoms with van der Waals surface area (Å²) in [5.41, 5.74) is 1.06. The molecule has 4 heteroatoms. The van der Waals surface area contributed by atoms with Crippen LogP contribution in [-0.2, 0) is 19.1 Å². The molecule has 0 heterocycles. The van der Waals surface area contributed by atoms with Gasteiger partial charge in [-0.1, -0.05) is 106 Å². The van der Waals surface area contributed by atoms with E-state index >= 15 is 0 Å². The molecule has 2 unspecified atom stereocenters. The lowest BCUT2D eigenvalue weighted by Gasteiger charge is -2.22. The van der Waals surface area contributed by atoms with E-state index in [0.717, 1.165) is 38.5 Å². The van der Waals surface area contributed by atoms with Crippen molar-refractivity contribution in [2.45, 2.75) is 131 Å². The molecule has 188 valence electrons. The molecule has 0 bridgehead atoms. The molecule has 0 aromatic carbocycles. The average molecular weight is 453 g/mol. The van der Waals surface area contributed by atoms with Crippen molar-refractivity contribution in [3.05, 3.63) is 11.1 Å². The zero-order valence-corrected chi connectivity index (χ0v) is 22.1. The summed E-state index contributed by atoms with van der Waals surface area (Å²) in [7, 11) is 0. The minimum Gasteiger partial charge on any atom is -0.462 e. The first-order valence-corrected chi connectivity index (χ1v) is 13.5. The Morgan fingerprint density at radius 1 is 0.531 bits per heavy atom. The van der Waals surface area contributed by atoms with Crippen molar-refractivity contribution in [2.24, 2.45) is 11.8 Å². The van der Waals surface area contributed by atoms with E-state index in [1.54, 1.807) is 0 Å². The Hall–Kier alpha value is -1.32. The van der Waals surface area contributed by atoms with Crippen LogP contribution in [0.5, 0.6) is 0 Å². The molecule has 0 aromatic heterocycles. The van der Waals surface area contributed by atoms with Crippen LogP contribution in [0, 0.1) is 11.8 Å². The molecule has 0 amide bonds. The average Bonchev–Trinajstić information content (AvgIpc) is 2.79. The van der Waals surface area contributed by atoms with Crippen LogP contribution in [0.15, 0.2) is 11.1 Å². The molecule has 0 aliphatic heterocycles. The Kier molecular flexibility index (Phi) is 19.5. The predicted octanol–water partition coefficient (Wildman–Crippen LogP) is 8.18. The molecule has 32 heavy (non-hydrogen) atoms. The molecule has 0 aliphatic rings.